The Morgan fingerprint density at radius 2 is 1.58 bits per heavy atom. The highest BCUT2D eigenvalue weighted by molar-refractivity contribution is 7.85. The summed E-state index contributed by atoms with van der Waals surface area (Å²) in [5.74, 6) is -4.90. The molecule has 0 aromatic rings. The molecule has 0 amide bonds. The van der Waals surface area contributed by atoms with Crippen molar-refractivity contribution in [1.82, 2.24) is 0 Å². The Morgan fingerprint density at radius 3 is 1.88 bits per heavy atom. The second kappa shape index (κ2) is 8.44. The lowest BCUT2D eigenvalue weighted by molar-refractivity contribution is -0.361. The number of ether oxygens (including phenoxy) is 1. The molecule has 0 bridgehead atoms. The molecule has 14 heteroatoms. The fraction of sp³-hybridized carbons (Fsp3) is 0.917. The standard InChI is InChI=1S/C12H20F6O6SSi/c1-4-26(3,23-2)7-5-6-9(19)24-10(11(13,14)15,12(16,17)18)8-25(20,21)22/h4-8H2,1-3H3,(H,20,21,22)/p-1. The van der Waals surface area contributed by atoms with Gasteiger partial charge in [-0.1, -0.05) is 6.92 Å². The van der Waals surface area contributed by atoms with Crippen LogP contribution in [0.3, 0.4) is 0 Å². The van der Waals surface area contributed by atoms with Gasteiger partial charge in [0.05, 0.1) is 15.9 Å². The number of rotatable bonds is 9. The van der Waals surface area contributed by atoms with Crippen molar-refractivity contribution in [1.29, 1.82) is 0 Å². The molecule has 0 N–H and O–H groups in total. The zero-order valence-corrected chi connectivity index (χ0v) is 16.0. The van der Waals surface area contributed by atoms with Crippen LogP contribution in [0.15, 0.2) is 0 Å². The largest absolute Gasteiger partial charge is 0.748 e. The van der Waals surface area contributed by atoms with Crippen molar-refractivity contribution in [2.75, 3.05) is 12.9 Å². The number of esters is 1. The molecule has 0 aliphatic rings. The molecule has 1 atom stereocenters. The van der Waals surface area contributed by atoms with Crippen LogP contribution in [-0.2, 0) is 24.1 Å². The Bertz CT molecular complexity index is 570. The van der Waals surface area contributed by atoms with Gasteiger partial charge < -0.3 is 13.7 Å². The van der Waals surface area contributed by atoms with E-state index in [-0.39, 0.29) is 12.5 Å². The van der Waals surface area contributed by atoms with E-state index in [1.54, 1.807) is 13.5 Å². The molecule has 0 heterocycles. The van der Waals surface area contributed by atoms with Crippen LogP contribution in [0.2, 0.25) is 18.6 Å². The first-order valence-electron chi connectivity index (χ1n) is 7.27. The van der Waals surface area contributed by atoms with Crippen molar-refractivity contribution in [2.45, 2.75) is 56.4 Å². The van der Waals surface area contributed by atoms with E-state index in [1.807, 2.05) is 0 Å². The molecule has 26 heavy (non-hydrogen) atoms. The van der Waals surface area contributed by atoms with Crippen LogP contribution in [0.25, 0.3) is 0 Å². The Hall–Kier alpha value is -0.863. The van der Waals surface area contributed by atoms with Gasteiger partial charge in [0.25, 0.3) is 0 Å². The second-order valence-electron chi connectivity index (χ2n) is 5.86. The zero-order valence-electron chi connectivity index (χ0n) is 14.2. The second-order valence-corrected chi connectivity index (χ2v) is 11.8. The van der Waals surface area contributed by atoms with E-state index in [4.69, 9.17) is 4.43 Å². The predicted octanol–water partition coefficient (Wildman–Crippen LogP) is 2.96. The van der Waals surface area contributed by atoms with E-state index in [1.165, 1.54) is 7.11 Å². The molecule has 156 valence electrons. The summed E-state index contributed by atoms with van der Waals surface area (Å²) in [6.45, 7) is 3.55. The summed E-state index contributed by atoms with van der Waals surface area (Å²) < 4.78 is 118. The maximum absolute atomic E-state index is 13.0. The molecule has 0 saturated heterocycles. The number of alkyl halides is 6. The van der Waals surface area contributed by atoms with E-state index in [9.17, 15) is 44.1 Å². The third kappa shape index (κ3) is 6.70. The van der Waals surface area contributed by atoms with Gasteiger partial charge in [-0.25, -0.2) is 8.42 Å². The summed E-state index contributed by atoms with van der Waals surface area (Å²) in [6, 6.07) is 0.863. The summed E-state index contributed by atoms with van der Waals surface area (Å²) in [5.41, 5.74) is -5.41. The molecule has 0 aromatic carbocycles. The van der Waals surface area contributed by atoms with Crippen LogP contribution in [0.4, 0.5) is 26.3 Å². The predicted molar refractivity (Wildman–Crippen MR) is 78.6 cm³/mol. The van der Waals surface area contributed by atoms with E-state index in [2.05, 4.69) is 4.74 Å². The number of hydrogen-bond donors (Lipinski definition) is 0. The molecule has 0 aliphatic heterocycles. The fourth-order valence-electron chi connectivity index (χ4n) is 1.99. The van der Waals surface area contributed by atoms with Crippen LogP contribution in [0.1, 0.15) is 19.8 Å². The lowest BCUT2D eigenvalue weighted by Crippen LogP contribution is -2.63. The van der Waals surface area contributed by atoms with Gasteiger partial charge in [0, 0.05) is 13.5 Å². The van der Waals surface area contributed by atoms with Crippen molar-refractivity contribution in [2.24, 2.45) is 0 Å². The highest BCUT2D eigenvalue weighted by Crippen LogP contribution is 2.47. The Kier molecular flexibility index (Phi) is 8.16. The van der Waals surface area contributed by atoms with Gasteiger partial charge in [-0.15, -0.1) is 0 Å². The van der Waals surface area contributed by atoms with Gasteiger partial charge in [0.1, 0.15) is 0 Å². The normalized spacial score (nSPS) is 16.2. The van der Waals surface area contributed by atoms with Gasteiger partial charge >= 0.3 is 23.9 Å². The first kappa shape index (κ1) is 25.1. The van der Waals surface area contributed by atoms with Crippen LogP contribution in [0, 0.1) is 0 Å². The van der Waals surface area contributed by atoms with Crippen LogP contribution >= 0.6 is 0 Å². The molecule has 0 radical (unpaired) electrons. The molecule has 0 aromatic heterocycles. The summed E-state index contributed by atoms with van der Waals surface area (Å²) >= 11 is 0. The molecule has 0 saturated carbocycles. The van der Waals surface area contributed by atoms with E-state index >= 15 is 0 Å². The van der Waals surface area contributed by atoms with Crippen molar-refractivity contribution in [3.05, 3.63) is 0 Å². The number of carbonyl (C=O) groups is 1. The maximum Gasteiger partial charge on any atom is 0.438 e. The van der Waals surface area contributed by atoms with Gasteiger partial charge in [0.15, 0.2) is 8.32 Å². The lowest BCUT2D eigenvalue weighted by atomic mass is 10.1. The zero-order chi connectivity index (χ0) is 21.0. The van der Waals surface area contributed by atoms with Crippen molar-refractivity contribution >= 4 is 24.4 Å². The van der Waals surface area contributed by atoms with Crippen molar-refractivity contribution < 1.29 is 53.3 Å². The molecule has 6 nitrogen and oxygen atoms in total. The van der Waals surface area contributed by atoms with Crippen LogP contribution < -0.4 is 0 Å². The monoisotopic (exact) mass is 433 g/mol. The van der Waals surface area contributed by atoms with Crippen LogP contribution in [0.5, 0.6) is 0 Å². The van der Waals surface area contributed by atoms with Crippen LogP contribution in [-0.4, -0.2) is 58.1 Å². The summed E-state index contributed by atoms with van der Waals surface area (Å²) in [4.78, 5) is 11.6. The average molecular weight is 433 g/mol. The summed E-state index contributed by atoms with van der Waals surface area (Å²) in [5, 5.41) is 0. The molecule has 0 aliphatic carbocycles. The molecular formula is C12H19F6O6SSi-. The van der Waals surface area contributed by atoms with E-state index in [0.29, 0.717) is 6.04 Å². The van der Waals surface area contributed by atoms with E-state index in [0.717, 1.165) is 0 Å². The Balaban J connectivity index is 5.47. The molecule has 0 fully saturated rings. The van der Waals surface area contributed by atoms with Crippen molar-refractivity contribution in [3.63, 3.8) is 0 Å². The maximum atomic E-state index is 13.0. The minimum Gasteiger partial charge on any atom is -0.748 e. The first-order chi connectivity index (χ1) is 11.4. The van der Waals surface area contributed by atoms with Gasteiger partial charge in [-0.2, -0.15) is 26.3 Å². The molecule has 1 unspecified atom stereocenters. The average Bonchev–Trinajstić information content (AvgIpc) is 2.42. The Labute approximate surface area is 147 Å². The summed E-state index contributed by atoms with van der Waals surface area (Å²) in [7, 11) is -6.85. The van der Waals surface area contributed by atoms with Gasteiger partial charge in [0.2, 0.25) is 0 Å². The fourth-order valence-corrected chi connectivity index (χ4v) is 4.65. The SMILES string of the molecule is CC[Si](C)(CCCC(=O)OC(CS(=O)(=O)[O-])(C(F)(F)F)C(F)(F)F)OC. The van der Waals surface area contributed by atoms with E-state index < -0.39 is 54.5 Å². The Morgan fingerprint density at radius 1 is 1.12 bits per heavy atom. The van der Waals surface area contributed by atoms with Crippen molar-refractivity contribution in [3.8, 4) is 0 Å². The third-order valence-electron chi connectivity index (χ3n) is 3.91. The molecular weight excluding hydrogens is 414 g/mol. The minimum absolute atomic E-state index is 0.112. The van der Waals surface area contributed by atoms with Gasteiger partial charge in [-0.3, -0.25) is 4.79 Å². The number of halogens is 6. The smallest absolute Gasteiger partial charge is 0.438 e. The summed E-state index contributed by atoms with van der Waals surface area (Å²) in [6.07, 6.45) is -13.6. The quantitative estimate of drug-likeness (QED) is 0.240. The molecule has 0 rings (SSSR count). The topological polar surface area (TPSA) is 92.7 Å². The number of carbonyl (C=O) groups excluding carboxylic acids is 1. The third-order valence-corrected chi connectivity index (χ3v) is 8.56. The number of hydrogen-bond acceptors (Lipinski definition) is 6. The lowest BCUT2D eigenvalue weighted by Gasteiger charge is -2.37. The highest BCUT2D eigenvalue weighted by Gasteiger charge is 2.75. The highest BCUT2D eigenvalue weighted by atomic mass is 32.2. The first-order valence-corrected chi connectivity index (χ1v) is 11.7. The molecule has 0 spiro atoms. The van der Waals surface area contributed by atoms with Gasteiger partial charge in [-0.05, 0) is 25.1 Å². The minimum atomic E-state index is -6.35.